The largest absolute Gasteiger partial charge is 0.466 e. The van der Waals surface area contributed by atoms with Crippen LogP contribution in [0.2, 0.25) is 0 Å². The zero-order valence-electron chi connectivity index (χ0n) is 49.9. The molecule has 74 heavy (non-hydrogen) atoms. The second kappa shape index (κ2) is 45.9. The summed E-state index contributed by atoms with van der Waals surface area (Å²) in [6, 6.07) is -3.95. The molecule has 0 heterocycles. The predicted octanol–water partition coefficient (Wildman–Crippen LogP) is 13.0. The average molecular weight is 1050 g/mol. The molecular weight excluding hydrogens is 931 g/mol. The average Bonchev–Trinajstić information content (AvgIpc) is 3.32. The predicted molar refractivity (Wildman–Crippen MR) is 305 cm³/mol. The third kappa shape index (κ3) is 42.9. The van der Waals surface area contributed by atoms with E-state index in [2.05, 4.69) is 56.3 Å². The fraction of sp³-hybridized carbons (Fsp3) is 0.902. The zero-order chi connectivity index (χ0) is 55.4. The summed E-state index contributed by atoms with van der Waals surface area (Å²) in [4.78, 5) is 82.1. The molecule has 13 heteroatoms. The minimum absolute atomic E-state index is 0.00557. The van der Waals surface area contributed by atoms with Crippen molar-refractivity contribution in [2.75, 3.05) is 40.9 Å². The Kier molecular flexibility index (Phi) is 43.9. The summed E-state index contributed by atoms with van der Waals surface area (Å²) in [6.07, 6.45) is 33.3. The molecule has 0 spiro atoms. The highest BCUT2D eigenvalue weighted by Gasteiger charge is 2.33. The summed E-state index contributed by atoms with van der Waals surface area (Å²) in [5.74, 6) is -2.65. The van der Waals surface area contributed by atoms with Gasteiger partial charge in [0.15, 0.2) is 0 Å². The second-order valence-electron chi connectivity index (χ2n) is 24.1. The Balaban J connectivity index is 5.69. The van der Waals surface area contributed by atoms with Gasteiger partial charge in [0.1, 0.15) is 24.2 Å². The summed E-state index contributed by atoms with van der Waals surface area (Å²) in [5.41, 5.74) is 0. The van der Waals surface area contributed by atoms with Gasteiger partial charge in [0.05, 0.1) is 40.9 Å². The lowest BCUT2D eigenvalue weighted by atomic mass is 9.98. The Morgan fingerprint density at radius 2 is 0.703 bits per heavy atom. The van der Waals surface area contributed by atoms with Gasteiger partial charge in [-0.25, -0.2) is 4.79 Å². The van der Waals surface area contributed by atoms with Gasteiger partial charge in [-0.05, 0) is 75.5 Å². The summed E-state index contributed by atoms with van der Waals surface area (Å²) in [7, 11) is 6.69. The first-order valence-electron chi connectivity index (χ1n) is 30.6. The highest BCUT2D eigenvalue weighted by Crippen LogP contribution is 2.16. The quantitative estimate of drug-likeness (QED) is 0.0265. The number of nitrogens with zero attached hydrogens (tertiary/aromatic N) is 1. The van der Waals surface area contributed by atoms with Gasteiger partial charge in [0, 0.05) is 12.8 Å². The van der Waals surface area contributed by atoms with Crippen molar-refractivity contribution in [3.63, 3.8) is 0 Å². The molecule has 0 saturated heterocycles. The Hall–Kier alpha value is -3.22. The molecule has 0 aliphatic heterocycles. The van der Waals surface area contributed by atoms with Crippen LogP contribution in [0.15, 0.2) is 0 Å². The molecule has 0 fully saturated rings. The topological polar surface area (TPSA) is 169 Å². The maximum atomic E-state index is 14.2. The van der Waals surface area contributed by atoms with E-state index in [4.69, 9.17) is 9.47 Å². The van der Waals surface area contributed by atoms with Crippen LogP contribution in [0.1, 0.15) is 274 Å². The lowest BCUT2D eigenvalue weighted by Gasteiger charge is -2.28. The van der Waals surface area contributed by atoms with Crippen LogP contribution in [0.3, 0.4) is 0 Å². The maximum absolute atomic E-state index is 14.2. The van der Waals surface area contributed by atoms with Crippen molar-refractivity contribution >= 4 is 35.6 Å². The van der Waals surface area contributed by atoms with Crippen molar-refractivity contribution in [2.24, 2.45) is 17.8 Å². The number of carbonyl (C=O) groups is 6. The molecule has 4 N–H and O–H groups in total. The summed E-state index contributed by atoms with van der Waals surface area (Å²) >= 11 is 0. The van der Waals surface area contributed by atoms with Gasteiger partial charge in [-0.2, -0.15) is 0 Å². The number of carbonyl (C=O) groups excluding carboxylic acids is 6. The van der Waals surface area contributed by atoms with E-state index in [0.717, 1.165) is 68.7 Å². The van der Waals surface area contributed by atoms with Crippen LogP contribution in [0, 0.1) is 17.8 Å². The van der Waals surface area contributed by atoms with Gasteiger partial charge in [0.25, 0.3) is 0 Å². The second-order valence-corrected chi connectivity index (χ2v) is 24.1. The number of esters is 2. The molecule has 4 atom stereocenters. The van der Waals surface area contributed by atoms with Crippen molar-refractivity contribution in [2.45, 2.75) is 298 Å². The SMILES string of the molecule is CCCCCCCCCCCCOC(=O)CCC(NC(=O)[C@H](CC(C)C)NC(=O)[C@H](CC(C)C)NC(=O)[C@H](CC(C)C)NC(=O)CCCCCCCCCC[N+](C)(C)C)C(=O)OCCCCCCCCCCCC. The third-order valence-corrected chi connectivity index (χ3v) is 13.8. The lowest BCUT2D eigenvalue weighted by molar-refractivity contribution is -0.870. The molecule has 0 aliphatic carbocycles. The van der Waals surface area contributed by atoms with Gasteiger partial charge in [-0.1, -0.05) is 203 Å². The molecule has 0 aromatic rings. The first-order chi connectivity index (χ1) is 35.3. The van der Waals surface area contributed by atoms with Crippen molar-refractivity contribution in [3.05, 3.63) is 0 Å². The van der Waals surface area contributed by atoms with E-state index in [1.165, 1.54) is 116 Å². The molecule has 0 radical (unpaired) electrons. The molecule has 0 rings (SSSR count). The molecule has 0 bridgehead atoms. The highest BCUT2D eigenvalue weighted by atomic mass is 16.5. The van der Waals surface area contributed by atoms with Crippen LogP contribution in [0.25, 0.3) is 0 Å². The number of unbranched alkanes of at least 4 members (excludes halogenated alkanes) is 25. The number of ether oxygens (including phenoxy) is 2. The molecule has 434 valence electrons. The highest BCUT2D eigenvalue weighted by molar-refractivity contribution is 5.95. The fourth-order valence-corrected chi connectivity index (χ4v) is 9.35. The van der Waals surface area contributed by atoms with Crippen molar-refractivity contribution < 1.29 is 42.7 Å². The Labute approximate surface area is 454 Å². The normalized spacial score (nSPS) is 13.4. The summed E-state index contributed by atoms with van der Waals surface area (Å²) in [5, 5.41) is 11.6. The van der Waals surface area contributed by atoms with E-state index in [9.17, 15) is 28.8 Å². The monoisotopic (exact) mass is 1050 g/mol. The Bertz CT molecular complexity index is 1450. The van der Waals surface area contributed by atoms with Crippen LogP contribution < -0.4 is 21.3 Å². The van der Waals surface area contributed by atoms with E-state index >= 15 is 0 Å². The molecule has 13 nitrogen and oxygen atoms in total. The van der Waals surface area contributed by atoms with Gasteiger partial charge < -0.3 is 35.2 Å². The van der Waals surface area contributed by atoms with Crippen molar-refractivity contribution in [3.8, 4) is 0 Å². The van der Waals surface area contributed by atoms with Crippen LogP contribution in [-0.4, -0.2) is 105 Å². The summed E-state index contributed by atoms with van der Waals surface area (Å²) in [6.45, 7) is 18.0. The number of amides is 4. The van der Waals surface area contributed by atoms with Crippen molar-refractivity contribution in [1.82, 2.24) is 21.3 Å². The first-order valence-corrected chi connectivity index (χ1v) is 30.6. The third-order valence-electron chi connectivity index (χ3n) is 13.8. The van der Waals surface area contributed by atoms with Gasteiger partial charge in [-0.3, -0.25) is 24.0 Å². The van der Waals surface area contributed by atoms with Crippen molar-refractivity contribution in [1.29, 1.82) is 0 Å². The Morgan fingerprint density at radius 3 is 1.08 bits per heavy atom. The number of quaternary nitrogens is 1. The molecule has 4 amide bonds. The number of hydrogen-bond donors (Lipinski definition) is 4. The molecule has 1 unspecified atom stereocenters. The standard InChI is InChI=1S/C61H117N5O8/c1-12-14-16-18-20-22-26-30-34-38-44-73-57(68)42-41-52(61(72)74-45-39-35-31-27-23-21-19-17-15-13-2)63-59(70)54(47-50(5)6)65-60(71)55(48-51(7)8)64-58(69)53(46-49(3)4)62-56(67)40-36-32-28-24-25-29-33-37-43-66(9,10)11/h49-55H,12-48H2,1-11H3,(H3-,62,63,64,65,67,69,70,71)/p+1/t52?,53-,54-,55-/m0/s1. The zero-order valence-corrected chi connectivity index (χ0v) is 49.9. The smallest absolute Gasteiger partial charge is 0.328 e. The van der Waals surface area contributed by atoms with E-state index in [1.54, 1.807) is 0 Å². The van der Waals surface area contributed by atoms with Crippen LogP contribution in [-0.2, 0) is 38.2 Å². The van der Waals surface area contributed by atoms with Gasteiger partial charge in [0.2, 0.25) is 23.6 Å². The minimum atomic E-state index is -1.12. The number of nitrogens with one attached hydrogen (secondary N) is 4. The fourth-order valence-electron chi connectivity index (χ4n) is 9.35. The molecule has 0 aliphatic rings. The molecular formula is C61H118N5O8+. The maximum Gasteiger partial charge on any atom is 0.328 e. The minimum Gasteiger partial charge on any atom is -0.466 e. The van der Waals surface area contributed by atoms with Gasteiger partial charge in [-0.15, -0.1) is 0 Å². The number of hydrogen-bond acceptors (Lipinski definition) is 8. The number of rotatable bonds is 50. The molecule has 0 saturated carbocycles. The van der Waals surface area contributed by atoms with Gasteiger partial charge >= 0.3 is 11.9 Å². The Morgan fingerprint density at radius 1 is 0.378 bits per heavy atom. The van der Waals surface area contributed by atoms with E-state index in [0.29, 0.717) is 32.3 Å². The van der Waals surface area contributed by atoms with Crippen LogP contribution >= 0.6 is 0 Å². The molecule has 0 aromatic heterocycles. The lowest BCUT2D eigenvalue weighted by Crippen LogP contribution is -2.58. The molecule has 0 aromatic carbocycles. The summed E-state index contributed by atoms with van der Waals surface area (Å²) < 4.78 is 12.3. The first kappa shape index (κ1) is 70.8. The van der Waals surface area contributed by atoms with E-state index < -0.39 is 53.8 Å². The van der Waals surface area contributed by atoms with Crippen LogP contribution in [0.5, 0.6) is 0 Å². The van der Waals surface area contributed by atoms with Crippen LogP contribution in [0.4, 0.5) is 0 Å². The van der Waals surface area contributed by atoms with E-state index in [1.807, 2.05) is 41.5 Å². The van der Waals surface area contributed by atoms with E-state index in [-0.39, 0.29) is 49.5 Å².